The van der Waals surface area contributed by atoms with Crippen LogP contribution in [0, 0.1) is 12.8 Å². The summed E-state index contributed by atoms with van der Waals surface area (Å²) in [6, 6.07) is 1.16. The van der Waals surface area contributed by atoms with Crippen LogP contribution in [-0.2, 0) is 13.6 Å². The lowest BCUT2D eigenvalue weighted by Crippen LogP contribution is -2.43. The highest BCUT2D eigenvalue weighted by molar-refractivity contribution is 14.0. The number of rotatable bonds is 4. The number of guanidine groups is 1. The minimum Gasteiger partial charge on any atom is -0.354 e. The third-order valence-electron chi connectivity index (χ3n) is 4.69. The zero-order chi connectivity index (χ0) is 14.8. The maximum absolute atomic E-state index is 4.72. The molecular weight excluding hydrogens is 391 g/mol. The summed E-state index contributed by atoms with van der Waals surface area (Å²) in [5.41, 5.74) is 0. The zero-order valence-electron chi connectivity index (χ0n) is 13.7. The molecule has 1 aromatic heterocycles. The van der Waals surface area contributed by atoms with E-state index in [2.05, 4.69) is 27.8 Å². The Bertz CT molecular complexity index is 520. The molecule has 3 rings (SSSR count). The molecule has 2 aliphatic carbocycles. The average molecular weight is 418 g/mol. The Labute approximate surface area is 149 Å². The highest BCUT2D eigenvalue weighted by atomic mass is 127. The lowest BCUT2D eigenvalue weighted by molar-refractivity contribution is 0.606. The second kappa shape index (κ2) is 7.61. The summed E-state index contributed by atoms with van der Waals surface area (Å²) in [6.45, 7) is 4.80. The number of nitrogens with zero attached hydrogens (tertiary/aromatic N) is 4. The molecule has 0 saturated heterocycles. The first-order valence-corrected chi connectivity index (χ1v) is 8.06. The van der Waals surface area contributed by atoms with E-state index < -0.39 is 0 Å². The van der Waals surface area contributed by atoms with Crippen LogP contribution in [0.4, 0.5) is 0 Å². The van der Waals surface area contributed by atoms with Crippen LogP contribution in [0.2, 0.25) is 0 Å². The Morgan fingerprint density at radius 3 is 2.50 bits per heavy atom. The molecule has 0 amide bonds. The molecule has 0 spiro atoms. The predicted molar refractivity (Wildman–Crippen MR) is 98.4 cm³/mol. The number of halogens is 1. The molecule has 22 heavy (non-hydrogen) atoms. The van der Waals surface area contributed by atoms with E-state index >= 15 is 0 Å². The first kappa shape index (κ1) is 17.5. The number of aromatic nitrogens is 3. The van der Waals surface area contributed by atoms with Gasteiger partial charge in [-0.25, -0.2) is 4.99 Å². The monoisotopic (exact) mass is 418 g/mol. The maximum Gasteiger partial charge on any atom is 0.192 e. The van der Waals surface area contributed by atoms with Gasteiger partial charge in [-0.1, -0.05) is 19.8 Å². The fraction of sp³-hybridized carbons (Fsp3) is 0.800. The fourth-order valence-electron chi connectivity index (χ4n) is 2.83. The van der Waals surface area contributed by atoms with E-state index in [1.54, 1.807) is 0 Å². The van der Waals surface area contributed by atoms with E-state index in [0.717, 1.165) is 23.5 Å². The van der Waals surface area contributed by atoms with Gasteiger partial charge in [0.2, 0.25) is 0 Å². The van der Waals surface area contributed by atoms with Gasteiger partial charge in [0.25, 0.3) is 0 Å². The molecule has 0 bridgehead atoms. The summed E-state index contributed by atoms with van der Waals surface area (Å²) in [6.07, 6.45) is 6.41. The van der Waals surface area contributed by atoms with Crippen LogP contribution < -0.4 is 10.6 Å². The van der Waals surface area contributed by atoms with Crippen molar-refractivity contribution < 1.29 is 0 Å². The molecule has 1 heterocycles. The smallest absolute Gasteiger partial charge is 0.192 e. The number of nitrogens with one attached hydrogen (secondary N) is 2. The van der Waals surface area contributed by atoms with E-state index in [9.17, 15) is 0 Å². The summed E-state index contributed by atoms with van der Waals surface area (Å²) in [4.78, 5) is 4.72. The topological polar surface area (TPSA) is 67.1 Å². The van der Waals surface area contributed by atoms with Gasteiger partial charge < -0.3 is 15.2 Å². The van der Waals surface area contributed by atoms with Crippen LogP contribution in [-0.4, -0.2) is 32.8 Å². The quantitative estimate of drug-likeness (QED) is 0.447. The molecular formula is C15H27IN6. The van der Waals surface area contributed by atoms with Gasteiger partial charge in [0.1, 0.15) is 12.4 Å². The summed E-state index contributed by atoms with van der Waals surface area (Å²) < 4.78 is 2.00. The number of hydrogen-bond donors (Lipinski definition) is 2. The van der Waals surface area contributed by atoms with Crippen molar-refractivity contribution in [3.8, 4) is 0 Å². The molecule has 2 fully saturated rings. The molecule has 1 aromatic rings. The Morgan fingerprint density at radius 2 is 1.95 bits per heavy atom. The minimum atomic E-state index is 0. The summed E-state index contributed by atoms with van der Waals surface area (Å²) in [5.74, 6) is 3.53. The zero-order valence-corrected chi connectivity index (χ0v) is 16.0. The van der Waals surface area contributed by atoms with Crippen LogP contribution in [0.15, 0.2) is 4.99 Å². The second-order valence-electron chi connectivity index (χ2n) is 6.48. The molecule has 0 radical (unpaired) electrons. The Morgan fingerprint density at radius 1 is 1.27 bits per heavy atom. The molecule has 2 aliphatic rings. The van der Waals surface area contributed by atoms with Gasteiger partial charge in [0.15, 0.2) is 11.8 Å². The second-order valence-corrected chi connectivity index (χ2v) is 6.48. The largest absolute Gasteiger partial charge is 0.354 e. The molecule has 124 valence electrons. The molecule has 0 aliphatic heterocycles. The van der Waals surface area contributed by atoms with Gasteiger partial charge >= 0.3 is 0 Å². The Hall–Kier alpha value is -0.860. The summed E-state index contributed by atoms with van der Waals surface area (Å²) in [5, 5.41) is 15.4. The molecule has 2 atom stereocenters. The van der Waals surface area contributed by atoms with Crippen molar-refractivity contribution >= 4 is 29.9 Å². The van der Waals surface area contributed by atoms with Gasteiger partial charge in [-0.2, -0.15) is 0 Å². The van der Waals surface area contributed by atoms with Crippen LogP contribution >= 0.6 is 24.0 Å². The molecule has 0 aromatic carbocycles. The number of aryl methyl sites for hydroxylation is 1. The van der Waals surface area contributed by atoms with E-state index in [4.69, 9.17) is 4.99 Å². The first-order valence-electron chi connectivity index (χ1n) is 8.06. The third kappa shape index (κ3) is 4.33. The highest BCUT2D eigenvalue weighted by Gasteiger charge is 2.33. The van der Waals surface area contributed by atoms with Crippen LogP contribution in [0.3, 0.4) is 0 Å². The van der Waals surface area contributed by atoms with E-state index in [0.29, 0.717) is 18.6 Å². The van der Waals surface area contributed by atoms with Crippen molar-refractivity contribution in [3.63, 3.8) is 0 Å². The van der Waals surface area contributed by atoms with Crippen molar-refractivity contribution in [1.29, 1.82) is 0 Å². The Kier molecular flexibility index (Phi) is 6.05. The Balaban J connectivity index is 0.00000176. The average Bonchev–Trinajstić information content (AvgIpc) is 2.86. The lowest BCUT2D eigenvalue weighted by Gasteiger charge is -2.17. The van der Waals surface area contributed by atoms with Crippen molar-refractivity contribution in [2.24, 2.45) is 18.0 Å². The molecule has 7 heteroatoms. The van der Waals surface area contributed by atoms with E-state index in [1.165, 1.54) is 32.1 Å². The minimum absolute atomic E-state index is 0. The van der Waals surface area contributed by atoms with Gasteiger partial charge in [-0.05, 0) is 32.1 Å². The van der Waals surface area contributed by atoms with Gasteiger partial charge in [0, 0.05) is 19.1 Å². The van der Waals surface area contributed by atoms with Crippen molar-refractivity contribution in [2.75, 3.05) is 0 Å². The van der Waals surface area contributed by atoms with E-state index in [1.807, 2.05) is 18.5 Å². The van der Waals surface area contributed by atoms with Gasteiger partial charge in [-0.3, -0.25) is 0 Å². The van der Waals surface area contributed by atoms with Crippen molar-refractivity contribution in [3.05, 3.63) is 11.6 Å². The highest BCUT2D eigenvalue weighted by Crippen LogP contribution is 2.29. The maximum atomic E-state index is 4.72. The molecule has 6 nitrogen and oxygen atoms in total. The SMILES string of the molecule is Cc1nnc(CN=C(NC2CCCC2)NC2CC2C)n1C.I. The predicted octanol–water partition coefficient (Wildman–Crippen LogP) is 2.13. The summed E-state index contributed by atoms with van der Waals surface area (Å²) in [7, 11) is 1.99. The number of hydrogen-bond acceptors (Lipinski definition) is 3. The fourth-order valence-corrected chi connectivity index (χ4v) is 2.83. The van der Waals surface area contributed by atoms with Gasteiger partial charge in [0.05, 0.1) is 0 Å². The van der Waals surface area contributed by atoms with Crippen LogP contribution in [0.25, 0.3) is 0 Å². The number of aliphatic imine (C=N–C) groups is 1. The van der Waals surface area contributed by atoms with Gasteiger partial charge in [-0.15, -0.1) is 34.2 Å². The molecule has 2 saturated carbocycles. The standard InChI is InChI=1S/C15H26N6.HI/c1-10-8-13(10)18-15(17-12-6-4-5-7-12)16-9-14-20-19-11(2)21(14)3;/h10,12-13H,4-9H2,1-3H3,(H2,16,17,18);1H. The van der Waals surface area contributed by atoms with Crippen molar-refractivity contribution in [2.45, 2.75) is 64.6 Å². The normalized spacial score (nSPS) is 25.0. The van der Waals surface area contributed by atoms with Crippen molar-refractivity contribution in [1.82, 2.24) is 25.4 Å². The molecule has 2 unspecified atom stereocenters. The van der Waals surface area contributed by atoms with Crippen LogP contribution in [0.5, 0.6) is 0 Å². The summed E-state index contributed by atoms with van der Waals surface area (Å²) >= 11 is 0. The lowest BCUT2D eigenvalue weighted by atomic mass is 10.2. The van der Waals surface area contributed by atoms with Crippen LogP contribution in [0.1, 0.15) is 50.7 Å². The molecule has 2 N–H and O–H groups in total. The van der Waals surface area contributed by atoms with E-state index in [-0.39, 0.29) is 24.0 Å². The third-order valence-corrected chi connectivity index (χ3v) is 4.69. The first-order chi connectivity index (χ1) is 10.1.